The zero-order valence-corrected chi connectivity index (χ0v) is 18.4. The summed E-state index contributed by atoms with van der Waals surface area (Å²) in [5.74, 6) is 1.41. The predicted molar refractivity (Wildman–Crippen MR) is 120 cm³/mol. The van der Waals surface area contributed by atoms with E-state index in [-0.39, 0.29) is 11.9 Å². The van der Waals surface area contributed by atoms with Crippen molar-refractivity contribution in [1.82, 2.24) is 5.32 Å². The first-order valence-electron chi connectivity index (χ1n) is 10.7. The summed E-state index contributed by atoms with van der Waals surface area (Å²) in [6, 6.07) is 14.6. The number of benzene rings is 2. The van der Waals surface area contributed by atoms with E-state index in [1.807, 2.05) is 39.0 Å². The number of piperidine rings is 1. The minimum Gasteiger partial charge on any atom is -0.481 e. The Kier molecular flexibility index (Phi) is 6.83. The summed E-state index contributed by atoms with van der Waals surface area (Å²) >= 11 is 0. The fourth-order valence-corrected chi connectivity index (χ4v) is 3.89. The fraction of sp³-hybridized carbons (Fsp3) is 0.480. The van der Waals surface area contributed by atoms with Crippen molar-refractivity contribution in [2.24, 2.45) is 5.92 Å². The molecule has 1 amide bonds. The van der Waals surface area contributed by atoms with E-state index in [1.165, 1.54) is 18.5 Å². The van der Waals surface area contributed by atoms with Crippen LogP contribution >= 0.6 is 0 Å². The Labute approximate surface area is 175 Å². The molecule has 3 atom stereocenters. The average molecular weight is 395 g/mol. The summed E-state index contributed by atoms with van der Waals surface area (Å²) in [5.41, 5.74) is 4.53. The van der Waals surface area contributed by atoms with Gasteiger partial charge in [-0.2, -0.15) is 0 Å². The molecule has 1 saturated heterocycles. The molecule has 156 valence electrons. The highest BCUT2D eigenvalue weighted by Gasteiger charge is 2.20. The highest BCUT2D eigenvalue weighted by atomic mass is 16.5. The molecule has 1 fully saturated rings. The Balaban J connectivity index is 1.58. The van der Waals surface area contributed by atoms with Crippen molar-refractivity contribution in [3.8, 4) is 5.75 Å². The zero-order chi connectivity index (χ0) is 21.0. The van der Waals surface area contributed by atoms with Crippen molar-refractivity contribution in [1.29, 1.82) is 0 Å². The molecule has 3 rings (SSSR count). The molecule has 2 aromatic carbocycles. The second kappa shape index (κ2) is 9.34. The molecule has 4 nitrogen and oxygen atoms in total. The Morgan fingerprint density at radius 3 is 2.55 bits per heavy atom. The second-order valence-corrected chi connectivity index (χ2v) is 8.54. The van der Waals surface area contributed by atoms with Gasteiger partial charge in [-0.25, -0.2) is 0 Å². The van der Waals surface area contributed by atoms with E-state index in [0.29, 0.717) is 0 Å². The molecule has 0 unspecified atom stereocenters. The first-order valence-corrected chi connectivity index (χ1v) is 10.7. The first kappa shape index (κ1) is 21.2. The van der Waals surface area contributed by atoms with Gasteiger partial charge in [-0.1, -0.05) is 31.2 Å². The topological polar surface area (TPSA) is 41.6 Å². The van der Waals surface area contributed by atoms with Crippen molar-refractivity contribution in [2.75, 3.05) is 18.0 Å². The maximum atomic E-state index is 12.6. The molecule has 2 aromatic rings. The van der Waals surface area contributed by atoms with Crippen LogP contribution in [0.1, 0.15) is 56.3 Å². The molecule has 29 heavy (non-hydrogen) atoms. The van der Waals surface area contributed by atoms with Gasteiger partial charge in [0.2, 0.25) is 0 Å². The van der Waals surface area contributed by atoms with Gasteiger partial charge < -0.3 is 15.0 Å². The molecule has 0 spiro atoms. The number of hydrogen-bond donors (Lipinski definition) is 1. The Morgan fingerprint density at radius 1 is 1.14 bits per heavy atom. The maximum Gasteiger partial charge on any atom is 0.261 e. The van der Waals surface area contributed by atoms with Gasteiger partial charge in [0.05, 0.1) is 6.04 Å². The summed E-state index contributed by atoms with van der Waals surface area (Å²) in [7, 11) is 0. The molecule has 1 heterocycles. The Hall–Kier alpha value is -2.49. The van der Waals surface area contributed by atoms with E-state index in [1.54, 1.807) is 6.92 Å². The lowest BCUT2D eigenvalue weighted by molar-refractivity contribution is -0.127. The lowest BCUT2D eigenvalue weighted by Gasteiger charge is -2.33. The van der Waals surface area contributed by atoms with E-state index < -0.39 is 6.10 Å². The molecule has 0 aliphatic carbocycles. The third-order valence-corrected chi connectivity index (χ3v) is 5.79. The monoisotopic (exact) mass is 394 g/mol. The average Bonchev–Trinajstić information content (AvgIpc) is 2.70. The number of nitrogens with one attached hydrogen (secondary N) is 1. The number of nitrogens with zero attached hydrogens (tertiary/aromatic N) is 1. The summed E-state index contributed by atoms with van der Waals surface area (Å²) in [6.45, 7) is 12.4. The summed E-state index contributed by atoms with van der Waals surface area (Å²) < 4.78 is 5.91. The van der Waals surface area contributed by atoms with Gasteiger partial charge in [0.15, 0.2) is 6.10 Å². The molecule has 0 radical (unpaired) electrons. The number of anilines is 1. The fourth-order valence-electron chi connectivity index (χ4n) is 3.89. The standard InChI is InChI=1S/C25H34N2O2/c1-17-8-9-19(3)24(15-17)29-21(5)25(28)26-20(4)22-10-12-23(13-11-22)27-14-6-7-18(2)16-27/h8-13,15,18,20-21H,6-7,14,16H2,1-5H3,(H,26,28)/t18-,20+,21+/m0/s1. The van der Waals surface area contributed by atoms with Crippen molar-refractivity contribution in [2.45, 2.75) is 59.6 Å². The van der Waals surface area contributed by atoms with E-state index in [0.717, 1.165) is 41.4 Å². The Morgan fingerprint density at radius 2 is 1.86 bits per heavy atom. The molecule has 1 aliphatic heterocycles. The summed E-state index contributed by atoms with van der Waals surface area (Å²) in [4.78, 5) is 15.1. The largest absolute Gasteiger partial charge is 0.481 e. The SMILES string of the molecule is Cc1ccc(C)c(O[C@H](C)C(=O)N[C@H](C)c2ccc(N3CCC[C@H](C)C3)cc2)c1. The van der Waals surface area contributed by atoms with Gasteiger partial charge in [0.25, 0.3) is 5.91 Å². The molecule has 1 aliphatic rings. The molecule has 0 bridgehead atoms. The van der Waals surface area contributed by atoms with E-state index >= 15 is 0 Å². The third kappa shape index (κ3) is 5.53. The van der Waals surface area contributed by atoms with E-state index in [2.05, 4.69) is 41.4 Å². The van der Waals surface area contributed by atoms with E-state index in [9.17, 15) is 4.79 Å². The third-order valence-electron chi connectivity index (χ3n) is 5.79. The second-order valence-electron chi connectivity index (χ2n) is 8.54. The summed E-state index contributed by atoms with van der Waals surface area (Å²) in [5, 5.41) is 3.08. The normalized spacial score (nSPS) is 18.8. The molecule has 1 N–H and O–H groups in total. The van der Waals surface area contributed by atoms with Gasteiger partial charge in [-0.05, 0) is 81.3 Å². The van der Waals surface area contributed by atoms with Crippen LogP contribution in [0.25, 0.3) is 0 Å². The van der Waals surface area contributed by atoms with Gasteiger partial charge >= 0.3 is 0 Å². The van der Waals surface area contributed by atoms with Crippen LogP contribution in [-0.4, -0.2) is 25.1 Å². The van der Waals surface area contributed by atoms with Gasteiger partial charge in [0, 0.05) is 18.8 Å². The maximum absolute atomic E-state index is 12.6. The van der Waals surface area contributed by atoms with Gasteiger partial charge in [-0.3, -0.25) is 4.79 Å². The van der Waals surface area contributed by atoms with Crippen molar-refractivity contribution < 1.29 is 9.53 Å². The molecular formula is C25H34N2O2. The minimum absolute atomic E-state index is 0.0681. The van der Waals surface area contributed by atoms with Crippen molar-refractivity contribution in [3.05, 3.63) is 59.2 Å². The predicted octanol–water partition coefficient (Wildman–Crippen LogP) is 5.18. The smallest absolute Gasteiger partial charge is 0.261 e. The molecular weight excluding hydrogens is 360 g/mol. The highest BCUT2D eigenvalue weighted by Crippen LogP contribution is 2.25. The van der Waals surface area contributed by atoms with Crippen LogP contribution in [0.2, 0.25) is 0 Å². The minimum atomic E-state index is -0.549. The number of carbonyl (C=O) groups excluding carboxylic acids is 1. The van der Waals surface area contributed by atoms with Crippen LogP contribution in [0.5, 0.6) is 5.75 Å². The summed E-state index contributed by atoms with van der Waals surface area (Å²) in [6.07, 6.45) is 2.03. The highest BCUT2D eigenvalue weighted by molar-refractivity contribution is 5.81. The number of ether oxygens (including phenoxy) is 1. The lowest BCUT2D eigenvalue weighted by Crippen LogP contribution is -2.38. The van der Waals surface area contributed by atoms with Crippen molar-refractivity contribution in [3.63, 3.8) is 0 Å². The first-order chi connectivity index (χ1) is 13.8. The van der Waals surface area contributed by atoms with Crippen LogP contribution in [0.4, 0.5) is 5.69 Å². The number of hydrogen-bond acceptors (Lipinski definition) is 3. The number of carbonyl (C=O) groups is 1. The Bertz CT molecular complexity index is 831. The molecule has 0 saturated carbocycles. The lowest BCUT2D eigenvalue weighted by atomic mass is 9.99. The molecule has 4 heteroatoms. The quantitative estimate of drug-likeness (QED) is 0.733. The van der Waals surface area contributed by atoms with Crippen LogP contribution in [0.15, 0.2) is 42.5 Å². The van der Waals surface area contributed by atoms with Gasteiger partial charge in [0.1, 0.15) is 5.75 Å². The van der Waals surface area contributed by atoms with Crippen molar-refractivity contribution >= 4 is 11.6 Å². The number of amides is 1. The number of rotatable bonds is 6. The van der Waals surface area contributed by atoms with Crippen LogP contribution < -0.4 is 15.0 Å². The van der Waals surface area contributed by atoms with E-state index in [4.69, 9.17) is 4.74 Å². The number of aryl methyl sites for hydroxylation is 2. The zero-order valence-electron chi connectivity index (χ0n) is 18.4. The van der Waals surface area contributed by atoms with Gasteiger partial charge in [-0.15, -0.1) is 0 Å². The van der Waals surface area contributed by atoms with Crippen LogP contribution in [0.3, 0.4) is 0 Å². The van der Waals surface area contributed by atoms with Crippen LogP contribution in [0, 0.1) is 19.8 Å². The van der Waals surface area contributed by atoms with Crippen LogP contribution in [-0.2, 0) is 4.79 Å². The molecule has 0 aromatic heterocycles.